The summed E-state index contributed by atoms with van der Waals surface area (Å²) < 4.78 is 5.59. The monoisotopic (exact) mass is 452 g/mol. The molecule has 0 spiro atoms. The molecule has 0 aliphatic heterocycles. The summed E-state index contributed by atoms with van der Waals surface area (Å²) in [5.74, 6) is -1.59. The first-order valence-electron chi connectivity index (χ1n) is 11.5. The first-order valence-corrected chi connectivity index (χ1v) is 11.5. The van der Waals surface area contributed by atoms with E-state index in [0.717, 1.165) is 22.3 Å². The second-order valence-corrected chi connectivity index (χ2v) is 8.54. The summed E-state index contributed by atoms with van der Waals surface area (Å²) in [7, 11) is 0. The Morgan fingerprint density at radius 3 is 2.03 bits per heavy atom. The molecule has 7 heteroatoms. The van der Waals surface area contributed by atoms with Gasteiger partial charge in [0, 0.05) is 12.0 Å². The van der Waals surface area contributed by atoms with E-state index in [9.17, 15) is 14.4 Å². The minimum absolute atomic E-state index is 0.0703. The Labute approximate surface area is 194 Å². The fourth-order valence-corrected chi connectivity index (χ4v) is 4.27. The van der Waals surface area contributed by atoms with Crippen LogP contribution in [0.2, 0.25) is 0 Å². The molecule has 0 saturated heterocycles. The number of aliphatic carboxylic acids is 1. The Morgan fingerprint density at radius 2 is 1.52 bits per heavy atom. The van der Waals surface area contributed by atoms with Gasteiger partial charge in [-0.3, -0.25) is 9.59 Å². The normalized spacial score (nSPS) is 15.0. The summed E-state index contributed by atoms with van der Waals surface area (Å²) in [5.41, 5.74) is 4.51. The molecular weight excluding hydrogens is 420 g/mol. The van der Waals surface area contributed by atoms with Crippen LogP contribution >= 0.6 is 0 Å². The first-order chi connectivity index (χ1) is 15.8. The van der Waals surface area contributed by atoms with Crippen molar-refractivity contribution in [2.45, 2.75) is 58.0 Å². The zero-order chi connectivity index (χ0) is 24.0. The van der Waals surface area contributed by atoms with Gasteiger partial charge in [-0.25, -0.2) is 4.79 Å². The Bertz CT molecular complexity index is 960. The number of nitrogens with one attached hydrogen (secondary N) is 2. The Morgan fingerprint density at radius 1 is 0.939 bits per heavy atom. The molecule has 0 saturated carbocycles. The maximum Gasteiger partial charge on any atom is 0.407 e. The zero-order valence-electron chi connectivity index (χ0n) is 19.3. The lowest BCUT2D eigenvalue weighted by atomic mass is 9.97. The highest BCUT2D eigenvalue weighted by Gasteiger charge is 2.31. The van der Waals surface area contributed by atoms with Gasteiger partial charge in [0.25, 0.3) is 0 Å². The van der Waals surface area contributed by atoms with Gasteiger partial charge in [0.05, 0.1) is 6.42 Å². The molecule has 2 aromatic carbocycles. The number of carbonyl (C=O) groups is 3. The molecule has 3 unspecified atom stereocenters. The van der Waals surface area contributed by atoms with Gasteiger partial charge in [-0.2, -0.15) is 0 Å². The van der Waals surface area contributed by atoms with Gasteiger partial charge in [0.2, 0.25) is 5.91 Å². The summed E-state index contributed by atoms with van der Waals surface area (Å²) in [4.78, 5) is 36.6. The van der Waals surface area contributed by atoms with Crippen LogP contribution in [0.15, 0.2) is 48.5 Å². The van der Waals surface area contributed by atoms with Crippen molar-refractivity contribution < 1.29 is 24.2 Å². The molecule has 7 nitrogen and oxygen atoms in total. The van der Waals surface area contributed by atoms with Crippen LogP contribution in [0.1, 0.15) is 57.1 Å². The van der Waals surface area contributed by atoms with Crippen molar-refractivity contribution in [3.8, 4) is 11.1 Å². The molecule has 2 amide bonds. The summed E-state index contributed by atoms with van der Waals surface area (Å²) in [5, 5.41) is 14.5. The molecular formula is C26H32N2O5. The van der Waals surface area contributed by atoms with Gasteiger partial charge < -0.3 is 20.5 Å². The summed E-state index contributed by atoms with van der Waals surface area (Å²) in [6.07, 6.45) is 0.317. The number of carboxylic acids is 1. The van der Waals surface area contributed by atoms with E-state index in [4.69, 9.17) is 9.84 Å². The smallest absolute Gasteiger partial charge is 0.407 e. The third-order valence-electron chi connectivity index (χ3n) is 6.37. The Balaban J connectivity index is 1.66. The van der Waals surface area contributed by atoms with Crippen molar-refractivity contribution in [3.05, 3.63) is 59.7 Å². The van der Waals surface area contributed by atoms with E-state index in [2.05, 4.69) is 22.8 Å². The van der Waals surface area contributed by atoms with E-state index in [1.807, 2.05) is 57.2 Å². The van der Waals surface area contributed by atoms with E-state index in [1.54, 1.807) is 0 Å². The number of hydrogen-bond donors (Lipinski definition) is 3. The predicted octanol–water partition coefficient (Wildman–Crippen LogP) is 4.31. The Kier molecular flexibility index (Phi) is 8.09. The molecule has 3 atom stereocenters. The SMILES string of the molecule is CCC(CC(=O)O)NC(=O)C(NC(=O)OCC1c2ccccc2-c2ccccc21)C(C)CC. The summed E-state index contributed by atoms with van der Waals surface area (Å²) in [6, 6.07) is 14.9. The summed E-state index contributed by atoms with van der Waals surface area (Å²) >= 11 is 0. The van der Waals surface area contributed by atoms with Crippen LogP contribution in [0.5, 0.6) is 0 Å². The number of alkyl carbamates (subject to hydrolysis) is 1. The fraction of sp³-hybridized carbons (Fsp3) is 0.423. The fourth-order valence-electron chi connectivity index (χ4n) is 4.27. The zero-order valence-corrected chi connectivity index (χ0v) is 19.3. The minimum Gasteiger partial charge on any atom is -0.481 e. The van der Waals surface area contributed by atoms with E-state index in [0.29, 0.717) is 12.8 Å². The minimum atomic E-state index is -0.980. The molecule has 1 aliphatic carbocycles. The largest absolute Gasteiger partial charge is 0.481 e. The Hall–Kier alpha value is -3.35. The van der Waals surface area contributed by atoms with Crippen LogP contribution in [0.4, 0.5) is 4.79 Å². The lowest BCUT2D eigenvalue weighted by molar-refractivity contribution is -0.137. The van der Waals surface area contributed by atoms with E-state index < -0.39 is 30.1 Å². The second kappa shape index (κ2) is 11.0. The van der Waals surface area contributed by atoms with Crippen molar-refractivity contribution >= 4 is 18.0 Å². The highest BCUT2D eigenvalue weighted by atomic mass is 16.5. The molecule has 33 heavy (non-hydrogen) atoms. The maximum atomic E-state index is 12.8. The van der Waals surface area contributed by atoms with Crippen LogP contribution in [-0.2, 0) is 14.3 Å². The van der Waals surface area contributed by atoms with Crippen LogP contribution in [-0.4, -0.2) is 41.8 Å². The average molecular weight is 453 g/mol. The van der Waals surface area contributed by atoms with Crippen molar-refractivity contribution in [2.24, 2.45) is 5.92 Å². The number of amides is 2. The second-order valence-electron chi connectivity index (χ2n) is 8.54. The van der Waals surface area contributed by atoms with Crippen LogP contribution in [0.25, 0.3) is 11.1 Å². The van der Waals surface area contributed by atoms with E-state index >= 15 is 0 Å². The number of rotatable bonds is 10. The molecule has 0 bridgehead atoms. The van der Waals surface area contributed by atoms with Crippen molar-refractivity contribution in [3.63, 3.8) is 0 Å². The maximum absolute atomic E-state index is 12.8. The molecule has 3 N–H and O–H groups in total. The molecule has 2 aromatic rings. The number of benzene rings is 2. The van der Waals surface area contributed by atoms with Crippen molar-refractivity contribution in [1.29, 1.82) is 0 Å². The van der Waals surface area contributed by atoms with Crippen molar-refractivity contribution in [1.82, 2.24) is 10.6 Å². The number of ether oxygens (including phenoxy) is 1. The van der Waals surface area contributed by atoms with Gasteiger partial charge in [0.15, 0.2) is 0 Å². The summed E-state index contributed by atoms with van der Waals surface area (Å²) in [6.45, 7) is 5.77. The topological polar surface area (TPSA) is 105 Å². The lowest BCUT2D eigenvalue weighted by Gasteiger charge is -2.26. The van der Waals surface area contributed by atoms with Crippen molar-refractivity contribution in [2.75, 3.05) is 6.61 Å². The van der Waals surface area contributed by atoms with Gasteiger partial charge in [-0.05, 0) is 34.6 Å². The third kappa shape index (κ3) is 5.72. The molecule has 0 heterocycles. The van der Waals surface area contributed by atoms with Gasteiger partial charge >= 0.3 is 12.1 Å². The van der Waals surface area contributed by atoms with Gasteiger partial charge in [-0.15, -0.1) is 0 Å². The number of fused-ring (bicyclic) bond motifs is 3. The predicted molar refractivity (Wildman–Crippen MR) is 126 cm³/mol. The molecule has 176 valence electrons. The molecule has 0 radical (unpaired) electrons. The first kappa shape index (κ1) is 24.3. The standard InChI is InChI=1S/C26H32N2O5/c1-4-16(3)24(25(31)27-17(5-2)14-23(29)30)28-26(32)33-15-22-20-12-8-6-10-18(20)19-11-7-9-13-21(19)22/h6-13,16-17,22,24H,4-5,14-15H2,1-3H3,(H,27,31)(H,28,32)(H,29,30). The van der Waals surface area contributed by atoms with E-state index in [-0.39, 0.29) is 24.9 Å². The lowest BCUT2D eigenvalue weighted by Crippen LogP contribution is -2.53. The highest BCUT2D eigenvalue weighted by Crippen LogP contribution is 2.44. The van der Waals surface area contributed by atoms with Crippen LogP contribution in [0.3, 0.4) is 0 Å². The quantitative estimate of drug-likeness (QED) is 0.498. The number of hydrogen-bond acceptors (Lipinski definition) is 4. The van der Waals surface area contributed by atoms with E-state index in [1.165, 1.54) is 0 Å². The number of carbonyl (C=O) groups excluding carboxylic acids is 2. The van der Waals surface area contributed by atoms with Crippen LogP contribution in [0, 0.1) is 5.92 Å². The average Bonchev–Trinajstić information content (AvgIpc) is 3.13. The molecule has 3 rings (SSSR count). The number of carboxylic acid groups (broad SMARTS) is 1. The third-order valence-corrected chi connectivity index (χ3v) is 6.37. The van der Waals surface area contributed by atoms with Crippen LogP contribution < -0.4 is 10.6 Å². The van der Waals surface area contributed by atoms with Gasteiger partial charge in [-0.1, -0.05) is 75.7 Å². The molecule has 1 aliphatic rings. The molecule has 0 fully saturated rings. The molecule has 0 aromatic heterocycles. The highest BCUT2D eigenvalue weighted by molar-refractivity contribution is 5.86. The van der Waals surface area contributed by atoms with Gasteiger partial charge in [0.1, 0.15) is 12.6 Å².